The highest BCUT2D eigenvalue weighted by Crippen LogP contribution is 2.36. The second-order valence-corrected chi connectivity index (χ2v) is 5.67. The number of carbonyl (C=O) groups is 1. The van der Waals surface area contributed by atoms with Crippen molar-refractivity contribution in [3.63, 3.8) is 0 Å². The Kier molecular flexibility index (Phi) is 5.98. The summed E-state index contributed by atoms with van der Waals surface area (Å²) < 4.78 is 81.7. The van der Waals surface area contributed by atoms with E-state index in [1.54, 1.807) is 18.2 Å². The Bertz CT molecular complexity index is 739. The van der Waals surface area contributed by atoms with Crippen LogP contribution in [0.1, 0.15) is 27.0 Å². The molecule has 0 bridgehead atoms. The Morgan fingerprint density at radius 3 is 1.88 bits per heavy atom. The maximum absolute atomic E-state index is 12.8. The molecule has 0 N–H and O–H groups in total. The van der Waals surface area contributed by atoms with Gasteiger partial charge in [-0.25, -0.2) is 0 Å². The molecule has 26 heavy (non-hydrogen) atoms. The van der Waals surface area contributed by atoms with E-state index in [2.05, 4.69) is 0 Å². The molecular weight excluding hydrogens is 386 g/mol. The summed E-state index contributed by atoms with van der Waals surface area (Å²) >= 11 is 5.76. The van der Waals surface area contributed by atoms with Gasteiger partial charge in [0.2, 0.25) is 5.78 Å². The van der Waals surface area contributed by atoms with Gasteiger partial charge in [0.05, 0.1) is 17.7 Å². The summed E-state index contributed by atoms with van der Waals surface area (Å²) in [6, 6.07) is 8.75. The van der Waals surface area contributed by atoms with E-state index in [1.807, 2.05) is 0 Å². The molecule has 2 aromatic carbocycles. The molecule has 0 amide bonds. The Morgan fingerprint density at radius 2 is 1.42 bits per heavy atom. The first-order chi connectivity index (χ1) is 12.0. The monoisotopic (exact) mass is 396 g/mol. The molecule has 2 rings (SSSR count). The Labute approximate surface area is 149 Å². The summed E-state index contributed by atoms with van der Waals surface area (Å²) in [5, 5.41) is 0. The summed E-state index contributed by atoms with van der Waals surface area (Å²) in [5.41, 5.74) is -4.69. The van der Waals surface area contributed by atoms with Crippen molar-refractivity contribution < 1.29 is 35.9 Å². The van der Waals surface area contributed by atoms with Crippen LogP contribution in [0.2, 0.25) is 0 Å². The minimum Gasteiger partial charge on any atom is -0.350 e. The molecule has 0 spiro atoms. The first-order valence-corrected chi connectivity index (χ1v) is 7.55. The molecule has 0 aliphatic heterocycles. The summed E-state index contributed by atoms with van der Waals surface area (Å²) in [4.78, 5) is 12.0. The minimum absolute atomic E-state index is 0.0107. The molecule has 0 aliphatic rings. The van der Waals surface area contributed by atoms with Gasteiger partial charge in [0.25, 0.3) is 0 Å². The standard InChI is InChI=1S/C17H11ClF6O2/c18-15(14(25)11-4-2-1-3-5-11)26-9-10-6-12(16(19,20)21)8-13(7-10)17(22,23)24/h1-8,15H,9H2. The molecule has 0 fully saturated rings. The first-order valence-electron chi connectivity index (χ1n) is 7.12. The normalized spacial score (nSPS) is 13.5. The lowest BCUT2D eigenvalue weighted by Gasteiger charge is -2.15. The second kappa shape index (κ2) is 7.67. The number of benzene rings is 2. The molecule has 2 nitrogen and oxygen atoms in total. The first kappa shape index (κ1) is 20.3. The predicted octanol–water partition coefficient (Wildman–Crippen LogP) is 5.69. The van der Waals surface area contributed by atoms with Crippen LogP contribution in [0.3, 0.4) is 0 Å². The molecule has 0 aromatic heterocycles. The molecule has 0 heterocycles. The number of alkyl halides is 7. The van der Waals surface area contributed by atoms with Crippen LogP contribution >= 0.6 is 11.6 Å². The molecule has 1 unspecified atom stereocenters. The third-order valence-corrected chi connectivity index (χ3v) is 3.63. The number of halogens is 7. The average Bonchev–Trinajstić information content (AvgIpc) is 2.58. The fourth-order valence-electron chi connectivity index (χ4n) is 2.08. The van der Waals surface area contributed by atoms with E-state index in [1.165, 1.54) is 12.1 Å². The third-order valence-electron chi connectivity index (χ3n) is 3.31. The van der Waals surface area contributed by atoms with Crippen LogP contribution < -0.4 is 0 Å². The quantitative estimate of drug-likeness (QED) is 0.369. The van der Waals surface area contributed by atoms with Gasteiger partial charge in [-0.05, 0) is 23.8 Å². The Hall–Kier alpha value is -2.06. The van der Waals surface area contributed by atoms with E-state index >= 15 is 0 Å². The maximum atomic E-state index is 12.8. The average molecular weight is 397 g/mol. The summed E-state index contributed by atoms with van der Waals surface area (Å²) in [5.74, 6) is -0.657. The number of rotatable bonds is 5. The summed E-state index contributed by atoms with van der Waals surface area (Å²) in [6.45, 7) is -0.695. The zero-order valence-electron chi connectivity index (χ0n) is 12.9. The van der Waals surface area contributed by atoms with E-state index < -0.39 is 47.0 Å². The fraction of sp³-hybridized carbons (Fsp3) is 0.235. The zero-order valence-corrected chi connectivity index (χ0v) is 13.6. The van der Waals surface area contributed by atoms with Gasteiger partial charge in [0.15, 0.2) is 5.56 Å². The number of ether oxygens (including phenoxy) is 1. The molecule has 0 aliphatic carbocycles. The molecule has 2 aromatic rings. The van der Waals surface area contributed by atoms with Gasteiger partial charge in [-0.2, -0.15) is 26.3 Å². The second-order valence-electron chi connectivity index (χ2n) is 5.27. The predicted molar refractivity (Wildman–Crippen MR) is 81.6 cm³/mol. The number of carbonyl (C=O) groups excluding carboxylic acids is 1. The van der Waals surface area contributed by atoms with Gasteiger partial charge in [-0.15, -0.1) is 0 Å². The van der Waals surface area contributed by atoms with Gasteiger partial charge in [-0.3, -0.25) is 4.79 Å². The molecule has 1 atom stereocenters. The van der Waals surface area contributed by atoms with Crippen molar-refractivity contribution in [1.29, 1.82) is 0 Å². The van der Waals surface area contributed by atoms with Crippen molar-refractivity contribution >= 4 is 17.4 Å². The highest BCUT2D eigenvalue weighted by molar-refractivity contribution is 6.32. The molecule has 0 saturated heterocycles. The van der Waals surface area contributed by atoms with Crippen LogP contribution in [0.5, 0.6) is 0 Å². The molecule has 9 heteroatoms. The van der Waals surface area contributed by atoms with Crippen molar-refractivity contribution in [2.24, 2.45) is 0 Å². The largest absolute Gasteiger partial charge is 0.416 e. The molecule has 0 radical (unpaired) electrons. The lowest BCUT2D eigenvalue weighted by atomic mass is 10.1. The van der Waals surface area contributed by atoms with E-state index in [0.717, 1.165) is 0 Å². The SMILES string of the molecule is O=C(c1ccccc1)C(Cl)OCc1cc(C(F)(F)F)cc(C(F)(F)F)c1. The molecule has 0 saturated carbocycles. The van der Waals surface area contributed by atoms with Crippen molar-refractivity contribution in [3.05, 3.63) is 70.8 Å². The van der Waals surface area contributed by atoms with Crippen LogP contribution in [0.25, 0.3) is 0 Å². The van der Waals surface area contributed by atoms with Crippen molar-refractivity contribution in [1.82, 2.24) is 0 Å². The van der Waals surface area contributed by atoms with Crippen molar-refractivity contribution in [2.75, 3.05) is 0 Å². The highest BCUT2D eigenvalue weighted by atomic mass is 35.5. The van der Waals surface area contributed by atoms with Crippen molar-refractivity contribution in [2.45, 2.75) is 24.5 Å². The molecular formula is C17H11ClF6O2. The van der Waals surface area contributed by atoms with Gasteiger partial charge >= 0.3 is 12.4 Å². The van der Waals surface area contributed by atoms with Crippen LogP contribution in [0, 0.1) is 0 Å². The Morgan fingerprint density at radius 1 is 0.923 bits per heavy atom. The lowest BCUT2D eigenvalue weighted by Crippen LogP contribution is -2.19. The smallest absolute Gasteiger partial charge is 0.350 e. The zero-order chi connectivity index (χ0) is 19.5. The third kappa shape index (κ3) is 5.22. The van der Waals surface area contributed by atoms with E-state index in [0.29, 0.717) is 12.1 Å². The van der Waals surface area contributed by atoms with Crippen LogP contribution in [-0.2, 0) is 23.7 Å². The van der Waals surface area contributed by atoms with Gasteiger partial charge < -0.3 is 4.74 Å². The van der Waals surface area contributed by atoms with Crippen molar-refractivity contribution in [3.8, 4) is 0 Å². The highest BCUT2D eigenvalue weighted by Gasteiger charge is 2.37. The molecule has 140 valence electrons. The van der Waals surface area contributed by atoms with Crippen LogP contribution in [0.15, 0.2) is 48.5 Å². The summed E-state index contributed by atoms with van der Waals surface area (Å²) in [7, 11) is 0. The van der Waals surface area contributed by atoms with E-state index in [9.17, 15) is 31.1 Å². The van der Waals surface area contributed by atoms with Crippen LogP contribution in [0.4, 0.5) is 26.3 Å². The number of Topliss-reactive ketones (excluding diaryl/α,β-unsaturated/α-hetero) is 1. The van der Waals surface area contributed by atoms with Gasteiger partial charge in [0, 0.05) is 5.56 Å². The van der Waals surface area contributed by atoms with Gasteiger partial charge in [-0.1, -0.05) is 41.9 Å². The van der Waals surface area contributed by atoms with Gasteiger partial charge in [0.1, 0.15) is 0 Å². The lowest BCUT2D eigenvalue weighted by molar-refractivity contribution is -0.143. The minimum atomic E-state index is -4.96. The van der Waals surface area contributed by atoms with E-state index in [-0.39, 0.29) is 11.6 Å². The van der Waals surface area contributed by atoms with E-state index in [4.69, 9.17) is 16.3 Å². The number of ketones is 1. The Balaban J connectivity index is 2.19. The topological polar surface area (TPSA) is 26.3 Å². The number of hydrogen-bond donors (Lipinski definition) is 0. The number of hydrogen-bond acceptors (Lipinski definition) is 2. The van der Waals surface area contributed by atoms with Crippen LogP contribution in [-0.4, -0.2) is 11.3 Å². The summed E-state index contributed by atoms with van der Waals surface area (Å²) in [6.07, 6.45) is -9.92. The fourth-order valence-corrected chi connectivity index (χ4v) is 2.27. The maximum Gasteiger partial charge on any atom is 0.416 e.